The number of alkyl halides is 1. The van der Waals surface area contributed by atoms with E-state index in [1.807, 2.05) is 6.07 Å². The van der Waals surface area contributed by atoms with E-state index in [1.54, 1.807) is 32.2 Å². The van der Waals surface area contributed by atoms with Gasteiger partial charge in [-0.1, -0.05) is 34.1 Å². The van der Waals surface area contributed by atoms with Crippen LogP contribution in [-0.2, 0) is 14.8 Å². The lowest BCUT2D eigenvalue weighted by Gasteiger charge is -2.17. The van der Waals surface area contributed by atoms with Crippen LogP contribution in [0.2, 0.25) is 0 Å². The molecule has 0 heterocycles. The average molecular weight is 336 g/mol. The molecule has 1 N–H and O–H groups in total. The van der Waals surface area contributed by atoms with Gasteiger partial charge >= 0.3 is 0 Å². The molecule has 102 valence electrons. The number of aryl methyl sites for hydroxylation is 1. The van der Waals surface area contributed by atoms with E-state index in [4.69, 9.17) is 4.74 Å². The minimum Gasteiger partial charge on any atom is -0.383 e. The summed E-state index contributed by atoms with van der Waals surface area (Å²) in [6, 6.07) is 6.70. The Morgan fingerprint density at radius 1 is 1.39 bits per heavy atom. The van der Waals surface area contributed by atoms with Crippen LogP contribution in [0.3, 0.4) is 0 Å². The zero-order valence-corrected chi connectivity index (χ0v) is 12.9. The maximum absolute atomic E-state index is 12.2. The highest BCUT2D eigenvalue weighted by atomic mass is 79.9. The number of halogens is 1. The molecule has 0 aromatic heterocycles. The van der Waals surface area contributed by atoms with E-state index in [-0.39, 0.29) is 6.04 Å². The summed E-state index contributed by atoms with van der Waals surface area (Å²) < 4.78 is 32.2. The third kappa shape index (κ3) is 4.35. The summed E-state index contributed by atoms with van der Waals surface area (Å²) in [5.41, 5.74) is 0.736. The van der Waals surface area contributed by atoms with Gasteiger partial charge in [0.1, 0.15) is 0 Å². The minimum absolute atomic E-state index is 0.223. The summed E-state index contributed by atoms with van der Waals surface area (Å²) in [5.74, 6) is 0. The fraction of sp³-hybridized carbons (Fsp3) is 0.500. The van der Waals surface area contributed by atoms with Crippen LogP contribution in [0.1, 0.15) is 12.0 Å². The topological polar surface area (TPSA) is 55.4 Å². The molecule has 1 aromatic rings. The monoisotopic (exact) mass is 335 g/mol. The highest BCUT2D eigenvalue weighted by molar-refractivity contribution is 9.09. The Bertz CT molecular complexity index is 470. The van der Waals surface area contributed by atoms with Gasteiger partial charge in [0, 0.05) is 18.5 Å². The SMILES string of the molecule is COCC(CCBr)NS(=O)(=O)c1ccccc1C. The van der Waals surface area contributed by atoms with E-state index in [9.17, 15) is 8.42 Å². The minimum atomic E-state index is -3.49. The first-order valence-corrected chi connectivity index (χ1v) is 8.24. The van der Waals surface area contributed by atoms with Crippen molar-refractivity contribution in [2.75, 3.05) is 19.0 Å². The molecule has 0 spiro atoms. The van der Waals surface area contributed by atoms with Gasteiger partial charge in [-0.05, 0) is 25.0 Å². The summed E-state index contributed by atoms with van der Waals surface area (Å²) >= 11 is 3.31. The van der Waals surface area contributed by atoms with Gasteiger partial charge < -0.3 is 4.74 Å². The maximum atomic E-state index is 12.2. The van der Waals surface area contributed by atoms with E-state index in [2.05, 4.69) is 20.7 Å². The molecule has 1 unspecified atom stereocenters. The van der Waals surface area contributed by atoms with Crippen LogP contribution < -0.4 is 4.72 Å². The first kappa shape index (κ1) is 15.6. The molecule has 1 aromatic carbocycles. The van der Waals surface area contributed by atoms with Crippen molar-refractivity contribution in [2.24, 2.45) is 0 Å². The van der Waals surface area contributed by atoms with E-state index in [0.29, 0.717) is 17.9 Å². The number of methoxy groups -OCH3 is 1. The van der Waals surface area contributed by atoms with Crippen LogP contribution in [0, 0.1) is 6.92 Å². The average Bonchev–Trinajstić information content (AvgIpc) is 2.29. The quantitative estimate of drug-likeness (QED) is 0.776. The van der Waals surface area contributed by atoms with Gasteiger partial charge in [-0.2, -0.15) is 0 Å². The number of ether oxygens (including phenoxy) is 1. The summed E-state index contributed by atoms with van der Waals surface area (Å²) in [5, 5.41) is 0.720. The summed E-state index contributed by atoms with van der Waals surface area (Å²) in [6.07, 6.45) is 0.680. The molecule has 0 amide bonds. The molecule has 0 saturated carbocycles. The largest absolute Gasteiger partial charge is 0.383 e. The number of hydrogen-bond acceptors (Lipinski definition) is 3. The molecule has 1 atom stereocenters. The van der Waals surface area contributed by atoms with Gasteiger partial charge in [-0.15, -0.1) is 0 Å². The van der Waals surface area contributed by atoms with Crippen molar-refractivity contribution in [2.45, 2.75) is 24.3 Å². The van der Waals surface area contributed by atoms with Crippen molar-refractivity contribution in [3.8, 4) is 0 Å². The third-order valence-electron chi connectivity index (χ3n) is 2.53. The van der Waals surface area contributed by atoms with Gasteiger partial charge in [0.05, 0.1) is 11.5 Å². The van der Waals surface area contributed by atoms with Gasteiger partial charge in [0.25, 0.3) is 0 Å². The molecule has 0 aliphatic carbocycles. The van der Waals surface area contributed by atoms with E-state index < -0.39 is 10.0 Å². The molecule has 0 bridgehead atoms. The fourth-order valence-electron chi connectivity index (χ4n) is 1.65. The molecule has 6 heteroatoms. The lowest BCUT2D eigenvalue weighted by atomic mass is 10.2. The van der Waals surface area contributed by atoms with Gasteiger partial charge in [-0.25, -0.2) is 13.1 Å². The highest BCUT2D eigenvalue weighted by Crippen LogP contribution is 2.15. The number of sulfonamides is 1. The molecular formula is C12H18BrNO3S. The van der Waals surface area contributed by atoms with Crippen LogP contribution in [0.15, 0.2) is 29.2 Å². The smallest absolute Gasteiger partial charge is 0.241 e. The third-order valence-corrected chi connectivity index (χ3v) is 4.67. The summed E-state index contributed by atoms with van der Waals surface area (Å²) in [7, 11) is -1.93. The second kappa shape index (κ2) is 7.23. The van der Waals surface area contributed by atoms with Crippen LogP contribution in [0.5, 0.6) is 0 Å². The number of rotatable bonds is 7. The molecule has 0 radical (unpaired) electrons. The molecule has 0 aliphatic heterocycles. The Balaban J connectivity index is 2.90. The zero-order valence-electron chi connectivity index (χ0n) is 10.5. The normalized spacial score (nSPS) is 13.5. The molecule has 18 heavy (non-hydrogen) atoms. The van der Waals surface area contributed by atoms with Crippen molar-refractivity contribution >= 4 is 26.0 Å². The van der Waals surface area contributed by atoms with Crippen LogP contribution in [-0.4, -0.2) is 33.5 Å². The van der Waals surface area contributed by atoms with Gasteiger partial charge in [0.2, 0.25) is 10.0 Å². The number of hydrogen-bond donors (Lipinski definition) is 1. The van der Waals surface area contributed by atoms with Crippen molar-refractivity contribution in [3.05, 3.63) is 29.8 Å². The van der Waals surface area contributed by atoms with E-state index in [0.717, 1.165) is 10.9 Å². The van der Waals surface area contributed by atoms with Crippen LogP contribution in [0.25, 0.3) is 0 Å². The standard InChI is InChI=1S/C12H18BrNO3S/c1-10-5-3-4-6-12(10)18(15,16)14-11(7-8-13)9-17-2/h3-6,11,14H,7-9H2,1-2H3. The molecule has 0 aliphatic rings. The Hall–Kier alpha value is -0.430. The van der Waals surface area contributed by atoms with Crippen LogP contribution >= 0.6 is 15.9 Å². The Morgan fingerprint density at radius 3 is 2.61 bits per heavy atom. The first-order valence-electron chi connectivity index (χ1n) is 5.64. The van der Waals surface area contributed by atoms with Gasteiger partial charge in [-0.3, -0.25) is 0 Å². The van der Waals surface area contributed by atoms with E-state index >= 15 is 0 Å². The molecule has 4 nitrogen and oxygen atoms in total. The highest BCUT2D eigenvalue weighted by Gasteiger charge is 2.20. The van der Waals surface area contributed by atoms with Crippen molar-refractivity contribution in [1.82, 2.24) is 4.72 Å². The Labute approximate surface area is 117 Å². The second-order valence-electron chi connectivity index (χ2n) is 4.02. The van der Waals surface area contributed by atoms with Crippen molar-refractivity contribution in [1.29, 1.82) is 0 Å². The van der Waals surface area contributed by atoms with E-state index in [1.165, 1.54) is 0 Å². The Kier molecular flexibility index (Phi) is 6.28. The molecule has 0 fully saturated rings. The molecule has 1 rings (SSSR count). The lowest BCUT2D eigenvalue weighted by Crippen LogP contribution is -2.38. The van der Waals surface area contributed by atoms with Crippen LogP contribution in [0.4, 0.5) is 0 Å². The number of benzene rings is 1. The fourth-order valence-corrected chi connectivity index (χ4v) is 3.70. The number of nitrogens with one attached hydrogen (secondary N) is 1. The second-order valence-corrected chi connectivity index (χ2v) is 6.49. The zero-order chi connectivity index (χ0) is 13.6. The first-order chi connectivity index (χ1) is 8.51. The molecule has 0 saturated heterocycles. The summed E-state index contributed by atoms with van der Waals surface area (Å²) in [4.78, 5) is 0.320. The van der Waals surface area contributed by atoms with Crippen molar-refractivity contribution in [3.63, 3.8) is 0 Å². The maximum Gasteiger partial charge on any atom is 0.241 e. The molecular weight excluding hydrogens is 318 g/mol. The summed E-state index contributed by atoms with van der Waals surface area (Å²) in [6.45, 7) is 2.14. The Morgan fingerprint density at radius 2 is 2.06 bits per heavy atom. The van der Waals surface area contributed by atoms with Crippen molar-refractivity contribution < 1.29 is 13.2 Å². The predicted octanol–water partition coefficient (Wildman–Crippen LogP) is 2.07. The van der Waals surface area contributed by atoms with Gasteiger partial charge in [0.15, 0.2) is 0 Å². The lowest BCUT2D eigenvalue weighted by molar-refractivity contribution is 0.173. The predicted molar refractivity (Wildman–Crippen MR) is 75.6 cm³/mol.